The average molecular weight is 740 g/mol. The first-order valence-corrected chi connectivity index (χ1v) is 15.0. The number of rotatable bonds is 18. The summed E-state index contributed by atoms with van der Waals surface area (Å²) in [5, 5.41) is 0. The van der Waals surface area contributed by atoms with Crippen molar-refractivity contribution in [2.45, 2.75) is 94.1 Å². The Hall–Kier alpha value is -1.32. The molecule has 0 amide bonds. The van der Waals surface area contributed by atoms with E-state index in [0.717, 1.165) is 0 Å². The summed E-state index contributed by atoms with van der Waals surface area (Å²) in [6, 6.07) is 0. The average Bonchev–Trinajstić information content (AvgIpc) is 2.72. The molecule has 46 heavy (non-hydrogen) atoms. The third kappa shape index (κ3) is 17.2. The van der Waals surface area contributed by atoms with Crippen LogP contribution in [0.2, 0.25) is 0 Å². The molecule has 0 aliphatic carbocycles. The molecule has 4 atom stereocenters. The molecule has 1 N–H and O–H groups in total. The molecule has 0 aliphatic rings. The van der Waals surface area contributed by atoms with Crippen LogP contribution >= 0.6 is 0 Å². The van der Waals surface area contributed by atoms with E-state index >= 15 is 0 Å². The van der Waals surface area contributed by atoms with Crippen LogP contribution in [0.25, 0.3) is 0 Å². The van der Waals surface area contributed by atoms with Crippen LogP contribution in [-0.2, 0) is 10.0 Å². The van der Waals surface area contributed by atoms with Crippen molar-refractivity contribution in [1.82, 2.24) is 4.72 Å². The lowest BCUT2D eigenvalue weighted by atomic mass is 9.82. The summed E-state index contributed by atoms with van der Waals surface area (Å²) < 4.78 is 257. The van der Waals surface area contributed by atoms with Gasteiger partial charge in [0.1, 0.15) is 0 Å². The van der Waals surface area contributed by atoms with Gasteiger partial charge in [-0.1, -0.05) is 0 Å². The lowest BCUT2D eigenvalue weighted by molar-refractivity contribution is -0.870. The second kappa shape index (κ2) is 15.1. The molecule has 278 valence electrons. The predicted octanol–water partition coefficient (Wildman–Crippen LogP) is 8.44. The Morgan fingerprint density at radius 2 is 1.07 bits per heavy atom. The van der Waals surface area contributed by atoms with Crippen LogP contribution in [0.5, 0.6) is 0 Å². The number of halogens is 17. The maximum Gasteiger partial charge on any atom is 0.422 e. The van der Waals surface area contributed by atoms with Gasteiger partial charge in [0.15, 0.2) is 0 Å². The Morgan fingerprint density at radius 1 is 0.630 bits per heavy atom. The van der Waals surface area contributed by atoms with Gasteiger partial charge in [0, 0.05) is 19.4 Å². The van der Waals surface area contributed by atoms with E-state index in [4.69, 9.17) is 0 Å². The van der Waals surface area contributed by atoms with E-state index in [0.29, 0.717) is 11.0 Å². The predicted molar refractivity (Wildman–Crippen MR) is 131 cm³/mol. The summed E-state index contributed by atoms with van der Waals surface area (Å²) in [5.74, 6) is -22.9. The second-order valence-electron chi connectivity index (χ2n) is 12.5. The standard InChI is InChI=1S/C24H36F17N2O2S/c1-18(25,24(39,40)41)13-20(28,29)14-19(26,27)12-17(23(36,37)38)11-16(22(33,34)35)10-15(21(30,31)32)6-9-46(44,45)42-7-5-8-43(2,3)4/h15-17,42H,5-14H2,1-4H3/q+1. The fourth-order valence-corrected chi connectivity index (χ4v) is 5.60. The summed E-state index contributed by atoms with van der Waals surface area (Å²) in [6.45, 7) is -0.321. The Kier molecular flexibility index (Phi) is 14.6. The van der Waals surface area contributed by atoms with Crippen molar-refractivity contribution in [3.63, 3.8) is 0 Å². The molecule has 0 bridgehead atoms. The molecule has 0 fully saturated rings. The number of nitrogens with zero attached hydrogens (tertiary/aromatic N) is 1. The summed E-state index contributed by atoms with van der Waals surface area (Å²) >= 11 is 0. The van der Waals surface area contributed by atoms with Crippen molar-refractivity contribution in [3.8, 4) is 0 Å². The molecule has 0 rings (SSSR count). The molecule has 0 radical (unpaired) electrons. The normalized spacial score (nSPS) is 18.3. The highest BCUT2D eigenvalue weighted by Crippen LogP contribution is 2.50. The van der Waals surface area contributed by atoms with Crippen LogP contribution in [0, 0.1) is 17.8 Å². The topological polar surface area (TPSA) is 46.2 Å². The molecular formula is C24H36F17N2O2S+. The van der Waals surface area contributed by atoms with Gasteiger partial charge in [-0.15, -0.1) is 0 Å². The summed E-state index contributed by atoms with van der Waals surface area (Å²) in [4.78, 5) is 0. The number of sulfonamides is 1. The van der Waals surface area contributed by atoms with Gasteiger partial charge in [-0.05, 0) is 26.2 Å². The zero-order chi connectivity index (χ0) is 37.0. The van der Waals surface area contributed by atoms with Crippen LogP contribution in [0.1, 0.15) is 51.9 Å². The zero-order valence-corrected chi connectivity index (χ0v) is 25.7. The van der Waals surface area contributed by atoms with Gasteiger partial charge in [0.05, 0.1) is 64.0 Å². The van der Waals surface area contributed by atoms with Gasteiger partial charge in [0.2, 0.25) is 15.7 Å². The third-order valence-corrected chi connectivity index (χ3v) is 8.25. The third-order valence-electron chi connectivity index (χ3n) is 6.83. The molecule has 0 aromatic rings. The molecule has 0 aromatic heterocycles. The van der Waals surface area contributed by atoms with E-state index in [9.17, 15) is 83.1 Å². The smallest absolute Gasteiger partial charge is 0.331 e. The SMILES string of the molecule is CC(F)(CC(F)(F)CC(F)(F)CC(CC(CC(CCS(=O)(=O)NCCC[N+](C)(C)C)C(F)(F)F)C(F)(F)F)C(F)(F)F)C(F)(F)F. The number of nitrogens with one attached hydrogen (secondary N) is 1. The van der Waals surface area contributed by atoms with Crippen LogP contribution in [-0.4, -0.2) is 95.1 Å². The zero-order valence-electron chi connectivity index (χ0n) is 24.9. The van der Waals surface area contributed by atoms with E-state index in [2.05, 4.69) is 0 Å². The van der Waals surface area contributed by atoms with Gasteiger partial charge < -0.3 is 4.48 Å². The highest BCUT2D eigenvalue weighted by atomic mass is 32.2. The van der Waals surface area contributed by atoms with Crippen molar-refractivity contribution in [2.24, 2.45) is 17.8 Å². The van der Waals surface area contributed by atoms with Gasteiger partial charge >= 0.3 is 24.7 Å². The van der Waals surface area contributed by atoms with Crippen molar-refractivity contribution in [1.29, 1.82) is 0 Å². The van der Waals surface area contributed by atoms with Crippen LogP contribution in [0.15, 0.2) is 0 Å². The Bertz CT molecular complexity index is 1040. The van der Waals surface area contributed by atoms with Gasteiger partial charge in [-0.2, -0.15) is 52.7 Å². The number of hydrogen-bond donors (Lipinski definition) is 1. The first kappa shape index (κ1) is 44.7. The first-order valence-electron chi connectivity index (χ1n) is 13.4. The fourth-order valence-electron chi connectivity index (χ4n) is 4.41. The second-order valence-corrected chi connectivity index (χ2v) is 14.4. The highest BCUT2D eigenvalue weighted by Gasteiger charge is 2.60. The summed E-state index contributed by atoms with van der Waals surface area (Å²) in [6.07, 6.45) is -38.8. The van der Waals surface area contributed by atoms with Crippen molar-refractivity contribution >= 4 is 10.0 Å². The van der Waals surface area contributed by atoms with E-state index in [-0.39, 0.29) is 13.0 Å². The quantitative estimate of drug-likeness (QED) is 0.0872. The van der Waals surface area contributed by atoms with E-state index in [1.165, 1.54) is 0 Å². The molecule has 0 spiro atoms. The molecule has 4 unspecified atom stereocenters. The maximum atomic E-state index is 14.3. The highest BCUT2D eigenvalue weighted by molar-refractivity contribution is 7.89. The largest absolute Gasteiger partial charge is 0.422 e. The first-order chi connectivity index (χ1) is 19.9. The van der Waals surface area contributed by atoms with Gasteiger partial charge in [0.25, 0.3) is 11.8 Å². The minimum Gasteiger partial charge on any atom is -0.331 e. The lowest BCUT2D eigenvalue weighted by Gasteiger charge is -2.33. The summed E-state index contributed by atoms with van der Waals surface area (Å²) in [7, 11) is 0.683. The van der Waals surface area contributed by atoms with E-state index in [1.807, 2.05) is 4.72 Å². The fraction of sp³-hybridized carbons (Fsp3) is 1.00. The molecule has 0 aliphatic heterocycles. The number of hydrogen-bond acceptors (Lipinski definition) is 2. The van der Waals surface area contributed by atoms with E-state index in [1.54, 1.807) is 21.1 Å². The van der Waals surface area contributed by atoms with Crippen LogP contribution in [0.4, 0.5) is 74.6 Å². The molecular weight excluding hydrogens is 703 g/mol. The van der Waals surface area contributed by atoms with Gasteiger partial charge in [-0.3, -0.25) is 0 Å². The maximum absolute atomic E-state index is 14.3. The summed E-state index contributed by atoms with van der Waals surface area (Å²) in [5.41, 5.74) is -4.79. The van der Waals surface area contributed by atoms with Crippen molar-refractivity contribution in [3.05, 3.63) is 0 Å². The van der Waals surface area contributed by atoms with Crippen LogP contribution < -0.4 is 4.72 Å². The number of quaternary nitrogens is 1. The van der Waals surface area contributed by atoms with Crippen LogP contribution in [0.3, 0.4) is 0 Å². The molecule has 22 heteroatoms. The van der Waals surface area contributed by atoms with Crippen molar-refractivity contribution in [2.75, 3.05) is 40.0 Å². The van der Waals surface area contributed by atoms with E-state index < -0.39 is 121 Å². The molecule has 0 heterocycles. The minimum atomic E-state index is -6.06. The van der Waals surface area contributed by atoms with Gasteiger partial charge in [-0.25, -0.2) is 35.1 Å². The molecule has 0 saturated carbocycles. The Balaban J connectivity index is 5.98. The molecule has 0 aromatic carbocycles. The minimum absolute atomic E-state index is 0.201. The monoisotopic (exact) mass is 739 g/mol. The lowest BCUT2D eigenvalue weighted by Crippen LogP contribution is -2.45. The Morgan fingerprint density at radius 3 is 1.46 bits per heavy atom. The Labute approximate surface area is 254 Å². The van der Waals surface area contributed by atoms with Crippen molar-refractivity contribution < 1.29 is 87.5 Å². The number of alkyl halides is 17. The molecule has 0 saturated heterocycles. The molecule has 4 nitrogen and oxygen atoms in total.